The van der Waals surface area contributed by atoms with Gasteiger partial charge < -0.3 is 0 Å². The van der Waals surface area contributed by atoms with Crippen LogP contribution in [0.4, 0.5) is 0 Å². The van der Waals surface area contributed by atoms with Crippen LogP contribution in [0.1, 0.15) is 12.7 Å². The van der Waals surface area contributed by atoms with E-state index < -0.39 is 0 Å². The number of aryl methyl sites for hydroxylation is 1. The third-order valence-electron chi connectivity index (χ3n) is 3.51. The summed E-state index contributed by atoms with van der Waals surface area (Å²) in [5.74, 6) is 1.60. The highest BCUT2D eigenvalue weighted by Crippen LogP contribution is 2.32. The molecule has 6 nitrogen and oxygen atoms in total. The fourth-order valence-corrected chi connectivity index (χ4v) is 3.99. The second kappa shape index (κ2) is 7.12. The molecule has 8 heteroatoms. The summed E-state index contributed by atoms with van der Waals surface area (Å²) in [6, 6.07) is 13.9. The summed E-state index contributed by atoms with van der Waals surface area (Å²) in [6.07, 6.45) is 4.36. The molecule has 0 atom stereocenters. The summed E-state index contributed by atoms with van der Waals surface area (Å²) in [5, 5.41) is 9.53. The van der Waals surface area contributed by atoms with Gasteiger partial charge in [0.2, 0.25) is 5.16 Å². The Kier molecular flexibility index (Phi) is 4.53. The van der Waals surface area contributed by atoms with Gasteiger partial charge in [-0.15, -0.1) is 10.2 Å². The molecule has 4 aromatic rings. The van der Waals surface area contributed by atoms with Crippen LogP contribution in [0.3, 0.4) is 0 Å². The van der Waals surface area contributed by atoms with Gasteiger partial charge in [-0.3, -0.25) is 9.55 Å². The second-order valence-corrected chi connectivity index (χ2v) is 7.12. The SMILES string of the molecule is CCc1nsc(Sc2nnc(-c3cccnc3)n2-c2ccccc2)n1. The molecule has 0 saturated carbocycles. The van der Waals surface area contributed by atoms with Gasteiger partial charge in [0.1, 0.15) is 5.82 Å². The second-order valence-electron chi connectivity index (χ2n) is 5.15. The molecule has 0 aliphatic carbocycles. The van der Waals surface area contributed by atoms with E-state index in [0.29, 0.717) is 0 Å². The van der Waals surface area contributed by atoms with Crippen LogP contribution in [-0.4, -0.2) is 29.1 Å². The summed E-state index contributed by atoms with van der Waals surface area (Å²) >= 11 is 2.86. The molecule has 124 valence electrons. The van der Waals surface area contributed by atoms with Crippen molar-refractivity contribution in [3.05, 3.63) is 60.7 Å². The molecular formula is C17H14N6S2. The summed E-state index contributed by atoms with van der Waals surface area (Å²) in [4.78, 5) is 8.71. The largest absolute Gasteiger partial charge is 0.270 e. The van der Waals surface area contributed by atoms with Crippen molar-refractivity contribution >= 4 is 23.3 Å². The van der Waals surface area contributed by atoms with Gasteiger partial charge in [-0.1, -0.05) is 25.1 Å². The smallest absolute Gasteiger partial charge is 0.203 e. The topological polar surface area (TPSA) is 69.4 Å². The van der Waals surface area contributed by atoms with Gasteiger partial charge in [-0.05, 0) is 47.6 Å². The van der Waals surface area contributed by atoms with Gasteiger partial charge in [0.15, 0.2) is 10.2 Å². The van der Waals surface area contributed by atoms with E-state index in [1.807, 2.05) is 54.0 Å². The number of hydrogen-bond acceptors (Lipinski definition) is 7. The lowest BCUT2D eigenvalue weighted by molar-refractivity contribution is 0.883. The minimum Gasteiger partial charge on any atom is -0.270 e. The fraction of sp³-hybridized carbons (Fsp3) is 0.118. The molecule has 3 aromatic heterocycles. The highest BCUT2D eigenvalue weighted by atomic mass is 32.2. The van der Waals surface area contributed by atoms with Crippen LogP contribution >= 0.6 is 23.3 Å². The molecule has 0 unspecified atom stereocenters. The Labute approximate surface area is 153 Å². The van der Waals surface area contributed by atoms with Crippen LogP contribution in [0.5, 0.6) is 0 Å². The molecule has 4 rings (SSSR count). The molecule has 0 amide bonds. The van der Waals surface area contributed by atoms with E-state index in [9.17, 15) is 0 Å². The van der Waals surface area contributed by atoms with Gasteiger partial charge in [0, 0.05) is 30.1 Å². The molecular weight excluding hydrogens is 352 g/mol. The molecule has 0 aliphatic rings. The Hall–Kier alpha value is -2.58. The predicted molar refractivity (Wildman–Crippen MR) is 98.0 cm³/mol. The Morgan fingerprint density at radius 1 is 1.08 bits per heavy atom. The van der Waals surface area contributed by atoms with Crippen LogP contribution < -0.4 is 0 Å². The van der Waals surface area contributed by atoms with Crippen LogP contribution in [0.15, 0.2) is 64.4 Å². The minimum absolute atomic E-state index is 0.752. The maximum Gasteiger partial charge on any atom is 0.203 e. The van der Waals surface area contributed by atoms with Crippen molar-refractivity contribution in [3.63, 3.8) is 0 Å². The number of para-hydroxylation sites is 1. The zero-order chi connectivity index (χ0) is 17.1. The standard InChI is InChI=1S/C17H14N6S2/c1-2-14-19-17(25-22-14)24-16-21-20-15(12-7-6-10-18-11-12)23(16)13-8-4-3-5-9-13/h3-11H,2H2,1H3. The Morgan fingerprint density at radius 2 is 1.96 bits per heavy atom. The van der Waals surface area contributed by atoms with Crippen LogP contribution in [0, 0.1) is 0 Å². The first kappa shape index (κ1) is 15.9. The first-order valence-corrected chi connectivity index (χ1v) is 9.36. The number of rotatable bonds is 5. The lowest BCUT2D eigenvalue weighted by Crippen LogP contribution is -1.99. The summed E-state index contributed by atoms with van der Waals surface area (Å²) in [7, 11) is 0. The van der Waals surface area contributed by atoms with E-state index >= 15 is 0 Å². The third-order valence-corrected chi connectivity index (χ3v) is 5.25. The van der Waals surface area contributed by atoms with Crippen molar-refractivity contribution in [3.8, 4) is 17.1 Å². The number of hydrogen-bond donors (Lipinski definition) is 0. The van der Waals surface area contributed by atoms with Crippen LogP contribution in [0.2, 0.25) is 0 Å². The van der Waals surface area contributed by atoms with E-state index in [4.69, 9.17) is 0 Å². The van der Waals surface area contributed by atoms with E-state index in [-0.39, 0.29) is 0 Å². The molecule has 3 heterocycles. The monoisotopic (exact) mass is 366 g/mol. The van der Waals surface area contributed by atoms with Crippen LogP contribution in [0.25, 0.3) is 17.1 Å². The fourth-order valence-electron chi connectivity index (χ4n) is 2.33. The molecule has 0 bridgehead atoms. The number of benzene rings is 1. The zero-order valence-electron chi connectivity index (χ0n) is 13.4. The molecule has 0 aliphatic heterocycles. The van der Waals surface area contributed by atoms with Crippen molar-refractivity contribution in [2.45, 2.75) is 22.8 Å². The Morgan fingerprint density at radius 3 is 2.68 bits per heavy atom. The van der Waals surface area contributed by atoms with Crippen molar-refractivity contribution in [1.29, 1.82) is 0 Å². The number of pyridine rings is 1. The third kappa shape index (κ3) is 3.31. The normalized spacial score (nSPS) is 10.9. The van der Waals surface area contributed by atoms with Gasteiger partial charge >= 0.3 is 0 Å². The van der Waals surface area contributed by atoms with Crippen molar-refractivity contribution in [1.82, 2.24) is 29.1 Å². The number of nitrogens with zero attached hydrogens (tertiary/aromatic N) is 6. The highest BCUT2D eigenvalue weighted by Gasteiger charge is 2.18. The van der Waals surface area contributed by atoms with E-state index in [1.54, 1.807) is 12.4 Å². The predicted octanol–water partition coefficient (Wildman–Crippen LogP) is 3.89. The van der Waals surface area contributed by atoms with E-state index in [0.717, 1.165) is 38.8 Å². The van der Waals surface area contributed by atoms with Crippen LogP contribution in [-0.2, 0) is 6.42 Å². The summed E-state index contributed by atoms with van der Waals surface area (Å²) < 4.78 is 7.22. The molecule has 0 spiro atoms. The van der Waals surface area contributed by atoms with Gasteiger partial charge in [0.25, 0.3) is 0 Å². The molecule has 25 heavy (non-hydrogen) atoms. The van der Waals surface area contributed by atoms with E-state index in [1.165, 1.54) is 23.3 Å². The average Bonchev–Trinajstić information content (AvgIpc) is 3.30. The average molecular weight is 366 g/mol. The lowest BCUT2D eigenvalue weighted by Gasteiger charge is -2.09. The molecule has 0 radical (unpaired) electrons. The van der Waals surface area contributed by atoms with Gasteiger partial charge in [0.05, 0.1) is 0 Å². The maximum atomic E-state index is 4.52. The molecule has 0 N–H and O–H groups in total. The quantitative estimate of drug-likeness (QED) is 0.534. The van der Waals surface area contributed by atoms with Gasteiger partial charge in [-0.2, -0.15) is 4.37 Å². The number of aromatic nitrogens is 6. The maximum absolute atomic E-state index is 4.52. The minimum atomic E-state index is 0.752. The first-order chi connectivity index (χ1) is 12.3. The Bertz CT molecular complexity index is 965. The summed E-state index contributed by atoms with van der Waals surface area (Å²) in [6.45, 7) is 2.05. The Balaban J connectivity index is 1.80. The van der Waals surface area contributed by atoms with Crippen molar-refractivity contribution in [2.24, 2.45) is 0 Å². The lowest BCUT2D eigenvalue weighted by atomic mass is 10.2. The van der Waals surface area contributed by atoms with Crippen molar-refractivity contribution in [2.75, 3.05) is 0 Å². The van der Waals surface area contributed by atoms with Crippen molar-refractivity contribution < 1.29 is 0 Å². The molecule has 0 saturated heterocycles. The first-order valence-electron chi connectivity index (χ1n) is 7.77. The summed E-state index contributed by atoms with van der Waals surface area (Å²) in [5.41, 5.74) is 1.91. The highest BCUT2D eigenvalue weighted by molar-refractivity contribution is 8.00. The molecule has 0 fully saturated rings. The van der Waals surface area contributed by atoms with E-state index in [2.05, 4.69) is 24.5 Å². The molecule has 1 aromatic carbocycles. The zero-order valence-corrected chi connectivity index (χ0v) is 15.0. The van der Waals surface area contributed by atoms with Gasteiger partial charge in [-0.25, -0.2) is 4.98 Å².